The summed E-state index contributed by atoms with van der Waals surface area (Å²) in [4.78, 5) is 8.84. The van der Waals surface area contributed by atoms with Gasteiger partial charge in [-0.25, -0.2) is 9.97 Å². The Hall–Kier alpha value is -0.770. The Kier molecular flexibility index (Phi) is 2.63. The van der Waals surface area contributed by atoms with Gasteiger partial charge in [0.05, 0.1) is 0 Å². The molecule has 0 spiro atoms. The van der Waals surface area contributed by atoms with Crippen molar-refractivity contribution in [1.82, 2.24) is 9.97 Å². The van der Waals surface area contributed by atoms with E-state index < -0.39 is 0 Å². The van der Waals surface area contributed by atoms with E-state index >= 15 is 0 Å². The Morgan fingerprint density at radius 1 is 1.43 bits per heavy atom. The Morgan fingerprint density at radius 3 is 2.64 bits per heavy atom. The third-order valence-corrected chi connectivity index (χ3v) is 3.65. The van der Waals surface area contributed by atoms with Crippen molar-refractivity contribution >= 4 is 17.6 Å². The highest BCUT2D eigenvalue weighted by atomic mass is 32.2. The van der Waals surface area contributed by atoms with Crippen molar-refractivity contribution in [3.05, 3.63) is 17.6 Å². The van der Waals surface area contributed by atoms with Crippen molar-refractivity contribution in [2.75, 3.05) is 17.2 Å². The van der Waals surface area contributed by atoms with Gasteiger partial charge in [-0.1, -0.05) is 13.8 Å². The van der Waals surface area contributed by atoms with Crippen molar-refractivity contribution < 1.29 is 0 Å². The van der Waals surface area contributed by atoms with Gasteiger partial charge >= 0.3 is 0 Å². The summed E-state index contributed by atoms with van der Waals surface area (Å²) in [5.74, 6) is 4.78. The van der Waals surface area contributed by atoms with E-state index in [4.69, 9.17) is 5.73 Å². The summed E-state index contributed by atoms with van der Waals surface area (Å²) in [6, 6.07) is 1.87. The first-order valence-electron chi connectivity index (χ1n) is 4.89. The zero-order valence-electron chi connectivity index (χ0n) is 8.53. The number of nitrogen functional groups attached to an aromatic ring is 1. The van der Waals surface area contributed by atoms with Crippen LogP contribution in [-0.4, -0.2) is 21.5 Å². The van der Waals surface area contributed by atoms with E-state index in [0.717, 1.165) is 23.0 Å². The third-order valence-electron chi connectivity index (χ3n) is 2.38. The fourth-order valence-electron chi connectivity index (χ4n) is 1.37. The monoisotopic (exact) mass is 209 g/mol. The molecule has 0 unspecified atom stereocenters. The molecule has 1 fully saturated rings. The SMILES string of the molecule is CC(C)c1cc(N)nc(C2CSC2)n1. The molecule has 14 heavy (non-hydrogen) atoms. The lowest BCUT2D eigenvalue weighted by molar-refractivity contribution is 0.726. The minimum Gasteiger partial charge on any atom is -0.384 e. The van der Waals surface area contributed by atoms with Gasteiger partial charge in [0.2, 0.25) is 0 Å². The van der Waals surface area contributed by atoms with Gasteiger partial charge in [-0.15, -0.1) is 0 Å². The van der Waals surface area contributed by atoms with Crippen LogP contribution in [0.1, 0.15) is 37.2 Å². The van der Waals surface area contributed by atoms with Crippen molar-refractivity contribution in [3.8, 4) is 0 Å². The molecule has 0 radical (unpaired) electrons. The molecule has 1 aliphatic rings. The van der Waals surface area contributed by atoms with Crippen LogP contribution in [0.2, 0.25) is 0 Å². The maximum Gasteiger partial charge on any atom is 0.135 e. The molecule has 76 valence electrons. The number of rotatable bonds is 2. The van der Waals surface area contributed by atoms with E-state index in [2.05, 4.69) is 23.8 Å². The summed E-state index contributed by atoms with van der Waals surface area (Å²) in [7, 11) is 0. The summed E-state index contributed by atoms with van der Waals surface area (Å²) < 4.78 is 0. The first-order chi connectivity index (χ1) is 6.66. The van der Waals surface area contributed by atoms with E-state index in [0.29, 0.717) is 17.7 Å². The molecule has 0 aliphatic carbocycles. The Bertz CT molecular complexity index is 334. The van der Waals surface area contributed by atoms with Gasteiger partial charge in [0, 0.05) is 29.2 Å². The standard InChI is InChI=1S/C10H15N3S/c1-6(2)8-3-9(11)13-10(12-8)7-4-14-5-7/h3,6-7H,4-5H2,1-2H3,(H2,11,12,13). The van der Waals surface area contributed by atoms with Crippen molar-refractivity contribution in [1.29, 1.82) is 0 Å². The molecule has 2 rings (SSSR count). The summed E-state index contributed by atoms with van der Waals surface area (Å²) in [6.45, 7) is 4.25. The van der Waals surface area contributed by atoms with Gasteiger partial charge in [-0.2, -0.15) is 11.8 Å². The van der Waals surface area contributed by atoms with Gasteiger partial charge in [0.1, 0.15) is 11.6 Å². The average molecular weight is 209 g/mol. The molecule has 1 aromatic heterocycles. The van der Waals surface area contributed by atoms with Crippen molar-refractivity contribution in [2.24, 2.45) is 0 Å². The van der Waals surface area contributed by atoms with Crippen LogP contribution in [0, 0.1) is 0 Å². The number of nitrogens with zero attached hydrogens (tertiary/aromatic N) is 2. The van der Waals surface area contributed by atoms with Crippen LogP contribution in [0.5, 0.6) is 0 Å². The first kappa shape index (κ1) is 9.77. The lowest BCUT2D eigenvalue weighted by atomic mass is 10.1. The van der Waals surface area contributed by atoms with Crippen LogP contribution in [0.3, 0.4) is 0 Å². The van der Waals surface area contributed by atoms with Gasteiger partial charge in [-0.3, -0.25) is 0 Å². The second-order valence-corrected chi connectivity index (χ2v) is 5.04. The van der Waals surface area contributed by atoms with Gasteiger partial charge < -0.3 is 5.73 Å². The van der Waals surface area contributed by atoms with Crippen LogP contribution >= 0.6 is 11.8 Å². The number of nitrogens with two attached hydrogens (primary N) is 1. The fraction of sp³-hybridized carbons (Fsp3) is 0.600. The zero-order valence-corrected chi connectivity index (χ0v) is 9.34. The molecule has 2 N–H and O–H groups in total. The molecule has 3 nitrogen and oxygen atoms in total. The third kappa shape index (κ3) is 1.85. The van der Waals surface area contributed by atoms with Crippen LogP contribution in [0.25, 0.3) is 0 Å². The van der Waals surface area contributed by atoms with Gasteiger partial charge in [0.15, 0.2) is 0 Å². The molecule has 0 atom stereocenters. The normalized spacial score (nSPS) is 17.1. The van der Waals surface area contributed by atoms with Crippen LogP contribution in [-0.2, 0) is 0 Å². The molecule has 0 amide bonds. The number of aromatic nitrogens is 2. The Balaban J connectivity index is 2.30. The largest absolute Gasteiger partial charge is 0.384 e. The highest BCUT2D eigenvalue weighted by molar-refractivity contribution is 8.00. The number of anilines is 1. The van der Waals surface area contributed by atoms with Gasteiger partial charge in [-0.05, 0) is 5.92 Å². The number of hydrogen-bond donors (Lipinski definition) is 1. The second-order valence-electron chi connectivity index (χ2n) is 3.96. The fourth-order valence-corrected chi connectivity index (χ4v) is 2.14. The number of hydrogen-bond acceptors (Lipinski definition) is 4. The number of thioether (sulfide) groups is 1. The topological polar surface area (TPSA) is 51.8 Å². The minimum atomic E-state index is 0.423. The second kappa shape index (κ2) is 3.77. The molecule has 1 saturated heterocycles. The average Bonchev–Trinajstić information content (AvgIpc) is 1.99. The van der Waals surface area contributed by atoms with Gasteiger partial charge in [0.25, 0.3) is 0 Å². The maximum atomic E-state index is 5.76. The zero-order chi connectivity index (χ0) is 10.1. The van der Waals surface area contributed by atoms with Crippen LogP contribution in [0.15, 0.2) is 6.07 Å². The summed E-state index contributed by atoms with van der Waals surface area (Å²) in [5.41, 5.74) is 6.82. The molecule has 2 heterocycles. The predicted molar refractivity (Wildman–Crippen MR) is 60.6 cm³/mol. The molecular weight excluding hydrogens is 194 g/mol. The summed E-state index contributed by atoms with van der Waals surface area (Å²) in [6.07, 6.45) is 0. The molecule has 0 bridgehead atoms. The van der Waals surface area contributed by atoms with Crippen molar-refractivity contribution in [3.63, 3.8) is 0 Å². The van der Waals surface area contributed by atoms with Crippen LogP contribution in [0.4, 0.5) is 5.82 Å². The lowest BCUT2D eigenvalue weighted by Gasteiger charge is -2.24. The molecular formula is C10H15N3S. The lowest BCUT2D eigenvalue weighted by Crippen LogP contribution is -2.20. The predicted octanol–water partition coefficient (Wildman–Crippen LogP) is 2.01. The highest BCUT2D eigenvalue weighted by Crippen LogP contribution is 2.32. The van der Waals surface area contributed by atoms with E-state index in [9.17, 15) is 0 Å². The molecule has 4 heteroatoms. The van der Waals surface area contributed by atoms with E-state index in [-0.39, 0.29) is 0 Å². The van der Waals surface area contributed by atoms with Crippen molar-refractivity contribution in [2.45, 2.75) is 25.7 Å². The quantitative estimate of drug-likeness (QED) is 0.809. The summed E-state index contributed by atoms with van der Waals surface area (Å²) in [5, 5.41) is 0. The van der Waals surface area contributed by atoms with E-state index in [1.807, 2.05) is 17.8 Å². The Labute approximate surface area is 88.5 Å². The maximum absolute atomic E-state index is 5.76. The van der Waals surface area contributed by atoms with E-state index in [1.54, 1.807) is 0 Å². The van der Waals surface area contributed by atoms with Crippen LogP contribution < -0.4 is 5.73 Å². The molecule has 0 saturated carbocycles. The minimum absolute atomic E-state index is 0.423. The first-order valence-corrected chi connectivity index (χ1v) is 6.04. The molecule has 1 aliphatic heterocycles. The molecule has 0 aromatic carbocycles. The smallest absolute Gasteiger partial charge is 0.135 e. The highest BCUT2D eigenvalue weighted by Gasteiger charge is 2.23. The Morgan fingerprint density at radius 2 is 2.14 bits per heavy atom. The molecule has 1 aromatic rings. The van der Waals surface area contributed by atoms with E-state index in [1.165, 1.54) is 0 Å². The summed E-state index contributed by atoms with van der Waals surface area (Å²) >= 11 is 1.94.